The van der Waals surface area contributed by atoms with Crippen LogP contribution in [0, 0.1) is 5.82 Å². The van der Waals surface area contributed by atoms with Crippen LogP contribution in [0.3, 0.4) is 0 Å². The molecule has 2 aliphatic rings. The van der Waals surface area contributed by atoms with Crippen molar-refractivity contribution in [2.75, 3.05) is 38.2 Å². The van der Waals surface area contributed by atoms with Crippen LogP contribution in [-0.2, 0) is 37.3 Å². The Morgan fingerprint density at radius 2 is 1.66 bits per heavy atom. The number of benzene rings is 3. The van der Waals surface area contributed by atoms with E-state index in [4.69, 9.17) is 9.72 Å². The molecule has 0 radical (unpaired) electrons. The first-order chi connectivity index (χ1) is 28.1. The Morgan fingerprint density at radius 3 is 2.36 bits per heavy atom. The maximum absolute atomic E-state index is 16.0. The molecule has 0 bridgehead atoms. The molecule has 5 aromatic rings. The number of carboxylic acid groups (broad SMARTS) is 1. The standard InChI is InChI=1S/C44H51FN8O5/c1-4-38-36(40(49-34-15-19-58-20-16-34)37-25-48-53(5-2)41(37)50-38)24-47-43(55)32-12-7-11-31(22-32)42(54)46-23-33-13-8-14-35(39(33)45)30-10-6-9-29(21-30)27-51-17-18-52(44(56)57)28(3)26-51/h6-14,21-22,25,28,34H,4-5,15-20,23-24,26-27H2,1-3H3,(H,46,54)(H,47,55)(H,49,50)(H,56,57)/t28-/m0/s1. The Hall–Kier alpha value is -5.86. The molecule has 13 nitrogen and oxygen atoms in total. The number of ether oxygens (including phenoxy) is 1. The molecule has 14 heteroatoms. The van der Waals surface area contributed by atoms with E-state index in [0.717, 1.165) is 46.4 Å². The second-order valence-corrected chi connectivity index (χ2v) is 15.0. The molecule has 304 valence electrons. The smallest absolute Gasteiger partial charge is 0.407 e. The summed E-state index contributed by atoms with van der Waals surface area (Å²) in [7, 11) is 0. The first-order valence-electron chi connectivity index (χ1n) is 20.1. The number of carbonyl (C=O) groups excluding carboxylic acids is 2. The Morgan fingerprint density at radius 1 is 0.931 bits per heavy atom. The number of nitrogens with zero attached hydrogens (tertiary/aromatic N) is 5. The van der Waals surface area contributed by atoms with Crippen molar-refractivity contribution < 1.29 is 28.6 Å². The van der Waals surface area contributed by atoms with Crippen molar-refractivity contribution in [1.82, 2.24) is 35.2 Å². The molecule has 1 atom stereocenters. The number of aromatic nitrogens is 3. The lowest BCUT2D eigenvalue weighted by molar-refractivity contribution is 0.0711. The van der Waals surface area contributed by atoms with Crippen LogP contribution in [0.5, 0.6) is 0 Å². The summed E-state index contributed by atoms with van der Waals surface area (Å²) in [5.74, 6) is -1.20. The van der Waals surface area contributed by atoms with Gasteiger partial charge in [0.05, 0.1) is 17.3 Å². The number of pyridine rings is 1. The molecule has 2 aromatic heterocycles. The lowest BCUT2D eigenvalue weighted by Crippen LogP contribution is -2.53. The maximum atomic E-state index is 16.0. The van der Waals surface area contributed by atoms with Crippen molar-refractivity contribution in [3.05, 3.63) is 112 Å². The first-order valence-corrected chi connectivity index (χ1v) is 20.1. The van der Waals surface area contributed by atoms with Gasteiger partial charge in [-0.3, -0.25) is 14.5 Å². The molecule has 2 fully saturated rings. The summed E-state index contributed by atoms with van der Waals surface area (Å²) in [5.41, 5.74) is 6.56. The van der Waals surface area contributed by atoms with Crippen LogP contribution in [0.2, 0.25) is 0 Å². The number of anilines is 1. The summed E-state index contributed by atoms with van der Waals surface area (Å²) in [6, 6.07) is 19.4. The van der Waals surface area contributed by atoms with E-state index in [2.05, 4.69) is 25.9 Å². The van der Waals surface area contributed by atoms with Gasteiger partial charge in [0.2, 0.25) is 0 Å². The van der Waals surface area contributed by atoms with E-state index >= 15 is 4.39 Å². The van der Waals surface area contributed by atoms with E-state index in [-0.39, 0.29) is 36.6 Å². The molecule has 4 N–H and O–H groups in total. The van der Waals surface area contributed by atoms with Crippen molar-refractivity contribution in [2.24, 2.45) is 0 Å². The molecule has 0 spiro atoms. The topological polar surface area (TPSA) is 154 Å². The zero-order valence-electron chi connectivity index (χ0n) is 33.3. The predicted octanol–water partition coefficient (Wildman–Crippen LogP) is 6.45. The van der Waals surface area contributed by atoms with E-state index in [0.29, 0.717) is 74.6 Å². The van der Waals surface area contributed by atoms with Crippen LogP contribution in [0.25, 0.3) is 22.2 Å². The van der Waals surface area contributed by atoms with Gasteiger partial charge in [-0.25, -0.2) is 18.9 Å². The van der Waals surface area contributed by atoms with Crippen molar-refractivity contribution >= 4 is 34.6 Å². The highest BCUT2D eigenvalue weighted by Gasteiger charge is 2.27. The molecule has 0 saturated carbocycles. The molecule has 0 aliphatic carbocycles. The van der Waals surface area contributed by atoms with Gasteiger partial charge in [-0.2, -0.15) is 5.10 Å². The number of hydrogen-bond donors (Lipinski definition) is 4. The van der Waals surface area contributed by atoms with Crippen LogP contribution in [0.1, 0.15) is 76.7 Å². The van der Waals surface area contributed by atoms with Gasteiger partial charge in [0.25, 0.3) is 11.8 Å². The number of carbonyl (C=O) groups is 3. The zero-order chi connectivity index (χ0) is 40.8. The minimum absolute atomic E-state index is 0.0485. The summed E-state index contributed by atoms with van der Waals surface area (Å²) in [5, 5.41) is 24.5. The van der Waals surface area contributed by atoms with Gasteiger partial charge < -0.3 is 30.7 Å². The van der Waals surface area contributed by atoms with E-state index in [1.165, 1.54) is 4.90 Å². The van der Waals surface area contributed by atoms with Crippen molar-refractivity contribution in [2.45, 2.75) is 78.3 Å². The Kier molecular flexibility index (Phi) is 12.6. The fourth-order valence-corrected chi connectivity index (χ4v) is 7.95. The third-order valence-corrected chi connectivity index (χ3v) is 11.1. The van der Waals surface area contributed by atoms with Gasteiger partial charge >= 0.3 is 6.09 Å². The fraction of sp³-hybridized carbons (Fsp3) is 0.386. The van der Waals surface area contributed by atoms with E-state index in [9.17, 15) is 19.5 Å². The highest BCUT2D eigenvalue weighted by Crippen LogP contribution is 2.32. The quantitative estimate of drug-likeness (QED) is 0.105. The number of aryl methyl sites for hydroxylation is 2. The molecule has 58 heavy (non-hydrogen) atoms. The molecule has 2 saturated heterocycles. The normalized spacial score (nSPS) is 16.3. The van der Waals surface area contributed by atoms with Crippen molar-refractivity contribution in [3.8, 4) is 11.1 Å². The predicted molar refractivity (Wildman–Crippen MR) is 220 cm³/mol. The number of piperazine rings is 1. The molecule has 0 unspecified atom stereocenters. The van der Waals surface area contributed by atoms with Crippen LogP contribution in [0.15, 0.2) is 72.9 Å². The minimum atomic E-state index is -0.907. The summed E-state index contributed by atoms with van der Waals surface area (Å²) in [6.45, 7) is 10.5. The van der Waals surface area contributed by atoms with Crippen LogP contribution < -0.4 is 16.0 Å². The summed E-state index contributed by atoms with van der Waals surface area (Å²) in [6.07, 6.45) is 3.33. The van der Waals surface area contributed by atoms with Gasteiger partial charge in [-0.15, -0.1) is 0 Å². The maximum Gasteiger partial charge on any atom is 0.407 e. The average Bonchev–Trinajstić information content (AvgIpc) is 3.66. The summed E-state index contributed by atoms with van der Waals surface area (Å²) < 4.78 is 23.5. The van der Waals surface area contributed by atoms with Gasteiger partial charge in [0.1, 0.15) is 5.82 Å². The monoisotopic (exact) mass is 790 g/mol. The van der Waals surface area contributed by atoms with Crippen LogP contribution in [-0.4, -0.2) is 92.5 Å². The summed E-state index contributed by atoms with van der Waals surface area (Å²) in [4.78, 5) is 47.1. The van der Waals surface area contributed by atoms with Crippen molar-refractivity contribution in [3.63, 3.8) is 0 Å². The SMILES string of the molecule is CCc1nc2c(cnn2CC)c(NC2CCOCC2)c1CNC(=O)c1cccc(C(=O)NCc2cccc(-c3cccc(CN4CCN(C(=O)O)[C@@H](C)C4)c3)c2F)c1. The Bertz CT molecular complexity index is 2290. The van der Waals surface area contributed by atoms with Crippen molar-refractivity contribution in [1.29, 1.82) is 0 Å². The number of amides is 3. The molecular weight excluding hydrogens is 740 g/mol. The van der Waals surface area contributed by atoms with Gasteiger partial charge in [0, 0.05) is 105 Å². The van der Waals surface area contributed by atoms with E-state index in [1.54, 1.807) is 42.5 Å². The number of hydrogen-bond acceptors (Lipinski definition) is 8. The number of nitrogens with one attached hydrogen (secondary N) is 3. The number of rotatable bonds is 13. The molecular formula is C44H51FN8O5. The fourth-order valence-electron chi connectivity index (χ4n) is 7.95. The third-order valence-electron chi connectivity index (χ3n) is 11.1. The average molecular weight is 791 g/mol. The molecule has 3 amide bonds. The van der Waals surface area contributed by atoms with Crippen LogP contribution >= 0.6 is 0 Å². The van der Waals surface area contributed by atoms with Crippen LogP contribution in [0.4, 0.5) is 14.9 Å². The summed E-state index contributed by atoms with van der Waals surface area (Å²) >= 11 is 0. The second-order valence-electron chi connectivity index (χ2n) is 15.0. The zero-order valence-corrected chi connectivity index (χ0v) is 33.3. The second kappa shape index (κ2) is 18.2. The number of halogens is 1. The molecule has 7 rings (SSSR count). The van der Waals surface area contributed by atoms with E-state index < -0.39 is 17.8 Å². The Balaban J connectivity index is 1.01. The van der Waals surface area contributed by atoms with E-state index in [1.807, 2.05) is 55.9 Å². The molecule has 2 aliphatic heterocycles. The Labute approximate surface area is 337 Å². The van der Waals surface area contributed by atoms with Gasteiger partial charge in [-0.05, 0) is 68.5 Å². The van der Waals surface area contributed by atoms with Gasteiger partial charge in [0.15, 0.2) is 5.65 Å². The highest BCUT2D eigenvalue weighted by molar-refractivity contribution is 6.00. The molecule has 4 heterocycles. The third kappa shape index (κ3) is 8.98. The highest BCUT2D eigenvalue weighted by atomic mass is 19.1. The molecule has 3 aromatic carbocycles. The minimum Gasteiger partial charge on any atom is -0.465 e. The largest absolute Gasteiger partial charge is 0.465 e. The number of fused-ring (bicyclic) bond motifs is 1. The lowest BCUT2D eigenvalue weighted by atomic mass is 9.99. The first kappa shape index (κ1) is 40.3. The van der Waals surface area contributed by atoms with Gasteiger partial charge in [-0.1, -0.05) is 49.4 Å². The lowest BCUT2D eigenvalue weighted by Gasteiger charge is -2.38.